The third kappa shape index (κ3) is 17.9. The lowest BCUT2D eigenvalue weighted by molar-refractivity contribution is 0.170. The van der Waals surface area contributed by atoms with E-state index in [0.29, 0.717) is 12.1 Å². The fraction of sp³-hybridized carbons (Fsp3) is 1.00. The largest absolute Gasteiger partial charge is 0.479 e. The summed E-state index contributed by atoms with van der Waals surface area (Å²) in [5.41, 5.74) is 0. The fourth-order valence-corrected chi connectivity index (χ4v) is 28.6. The Morgan fingerprint density at radius 3 is 0.765 bits per heavy atom. The minimum absolute atomic E-state index is 0.589. The second kappa shape index (κ2) is 13.5. The summed E-state index contributed by atoms with van der Waals surface area (Å²) in [5, 5.41) is 0. The molecule has 0 saturated carbocycles. The fourth-order valence-electron chi connectivity index (χ4n) is 3.19. The maximum Gasteiger partial charge on any atom is 0.479 e. The van der Waals surface area contributed by atoms with Crippen molar-refractivity contribution in [1.29, 1.82) is 0 Å². The zero-order chi connectivity index (χ0) is 27.2. The van der Waals surface area contributed by atoms with Gasteiger partial charge in [0.25, 0.3) is 0 Å². The van der Waals surface area contributed by atoms with Crippen molar-refractivity contribution in [3.8, 4) is 0 Å². The maximum absolute atomic E-state index is 6.90. The second-order valence-corrected chi connectivity index (χ2v) is 43.6. The molecule has 0 fully saturated rings. The van der Waals surface area contributed by atoms with E-state index in [1.807, 2.05) is 0 Å². The van der Waals surface area contributed by atoms with E-state index in [9.17, 15) is 0 Å². The highest BCUT2D eigenvalue weighted by atomic mass is 28.5. The molecule has 34 heavy (non-hydrogen) atoms. The van der Waals surface area contributed by atoms with Crippen molar-refractivity contribution in [1.82, 2.24) is 0 Å². The molecule has 0 heterocycles. The van der Waals surface area contributed by atoms with Gasteiger partial charge in [0, 0.05) is 24.5 Å². The van der Waals surface area contributed by atoms with E-state index < -0.39 is 68.5 Å². The Morgan fingerprint density at radius 2 is 0.618 bits per heavy atom. The summed E-state index contributed by atoms with van der Waals surface area (Å²) in [4.78, 5) is 0. The molecule has 0 aliphatic carbocycles. The van der Waals surface area contributed by atoms with Gasteiger partial charge in [-0.1, -0.05) is 26.2 Å². The highest BCUT2D eigenvalue weighted by molar-refractivity contribution is 6.88. The number of rotatable bonds is 17. The van der Waals surface area contributed by atoms with Crippen molar-refractivity contribution in [3.05, 3.63) is 0 Å². The van der Waals surface area contributed by atoms with Crippen molar-refractivity contribution in [2.45, 2.75) is 117 Å². The molecular formula is C20H56O6Si8. The molecule has 0 aliphatic rings. The van der Waals surface area contributed by atoms with Crippen LogP contribution in [-0.2, 0) is 25.3 Å². The first-order valence-corrected chi connectivity index (χ1v) is 35.4. The molecule has 14 heteroatoms. The lowest BCUT2D eigenvalue weighted by atomic mass is 11.0. The molecule has 0 saturated heterocycles. The van der Waals surface area contributed by atoms with E-state index in [1.54, 1.807) is 0 Å². The molecule has 0 aromatic heterocycles. The first-order valence-electron chi connectivity index (χ1n) is 12.5. The Kier molecular flexibility index (Phi) is 14.1. The molecule has 0 spiro atoms. The highest BCUT2D eigenvalue weighted by Gasteiger charge is 2.54. The van der Waals surface area contributed by atoms with Crippen LogP contribution in [0.5, 0.6) is 0 Å². The van der Waals surface area contributed by atoms with Gasteiger partial charge in [-0.15, -0.1) is 0 Å². The van der Waals surface area contributed by atoms with Crippen LogP contribution in [-0.4, -0.2) is 80.9 Å². The van der Waals surface area contributed by atoms with E-state index >= 15 is 0 Å². The van der Waals surface area contributed by atoms with Gasteiger partial charge in [0.2, 0.25) is 0 Å². The quantitative estimate of drug-likeness (QED) is 0.166. The topological polar surface area (TPSA) is 55.4 Å². The van der Waals surface area contributed by atoms with Gasteiger partial charge in [0.15, 0.2) is 33.3 Å². The van der Waals surface area contributed by atoms with Gasteiger partial charge in [-0.25, -0.2) is 0 Å². The maximum atomic E-state index is 6.90. The summed E-state index contributed by atoms with van der Waals surface area (Å²) < 4.78 is 41.0. The SMILES string of the molecule is C[Si](C)CO[Si](CC[Si](OC[Si](C)C)(O[Si](C)(C)C)O[Si](C)(C)C)(O[Si](C)(C)C)O[Si](C)(C)C. The standard InChI is InChI=1S/C20H56O6Si8/c1-27(2)19-21-33(23-29(5,6)7,24-30(8,9)10)17-18-34(22-20-28(3)4,25-31(11,12)13)26-32(14,15)16/h17-20H2,1-16H3. The lowest BCUT2D eigenvalue weighted by Gasteiger charge is -2.43. The molecule has 0 aromatic carbocycles. The summed E-state index contributed by atoms with van der Waals surface area (Å²) in [6.45, 7) is 35.9. The van der Waals surface area contributed by atoms with Crippen LogP contribution in [0.1, 0.15) is 0 Å². The van der Waals surface area contributed by atoms with E-state index in [4.69, 9.17) is 25.3 Å². The number of hydrogen-bond acceptors (Lipinski definition) is 6. The monoisotopic (exact) mass is 616 g/mol. The van der Waals surface area contributed by atoms with Crippen LogP contribution in [0.15, 0.2) is 0 Å². The second-order valence-electron chi connectivity index (χ2n) is 13.7. The zero-order valence-electron chi connectivity index (χ0n) is 25.3. The Balaban J connectivity index is 6.43. The zero-order valence-corrected chi connectivity index (χ0v) is 33.3. The van der Waals surface area contributed by atoms with Crippen LogP contribution in [0.2, 0.25) is 117 Å². The van der Waals surface area contributed by atoms with Crippen LogP contribution in [0.4, 0.5) is 0 Å². The van der Waals surface area contributed by atoms with Gasteiger partial charge in [0.05, 0.1) is 17.6 Å². The van der Waals surface area contributed by atoms with Crippen LogP contribution in [0, 0.1) is 0 Å². The van der Waals surface area contributed by atoms with Gasteiger partial charge >= 0.3 is 17.6 Å². The summed E-state index contributed by atoms with van der Waals surface area (Å²) in [6, 6.07) is 1.40. The molecule has 0 aromatic rings. The van der Waals surface area contributed by atoms with Crippen molar-refractivity contribution >= 4 is 68.5 Å². The van der Waals surface area contributed by atoms with Gasteiger partial charge in [0.1, 0.15) is 0 Å². The summed E-state index contributed by atoms with van der Waals surface area (Å²) >= 11 is 0. The average Bonchev–Trinajstić information content (AvgIpc) is 2.50. The highest BCUT2D eigenvalue weighted by Crippen LogP contribution is 2.34. The Bertz CT molecular complexity index is 510. The molecule has 2 radical (unpaired) electrons. The van der Waals surface area contributed by atoms with Crippen molar-refractivity contribution in [2.24, 2.45) is 0 Å². The molecule has 204 valence electrons. The predicted molar refractivity (Wildman–Crippen MR) is 166 cm³/mol. The first kappa shape index (κ1) is 35.5. The molecule has 0 amide bonds. The molecule has 0 bridgehead atoms. The van der Waals surface area contributed by atoms with E-state index in [1.165, 1.54) is 0 Å². The molecule has 0 unspecified atom stereocenters. The van der Waals surface area contributed by atoms with Crippen LogP contribution >= 0.6 is 0 Å². The Morgan fingerprint density at radius 1 is 0.412 bits per heavy atom. The molecule has 0 rings (SSSR count). The van der Waals surface area contributed by atoms with Crippen LogP contribution < -0.4 is 0 Å². The van der Waals surface area contributed by atoms with Gasteiger partial charge in [-0.05, 0) is 78.6 Å². The van der Waals surface area contributed by atoms with Crippen molar-refractivity contribution < 1.29 is 25.3 Å². The smallest absolute Gasteiger partial charge is 0.416 e. The third-order valence-corrected chi connectivity index (χ3v) is 23.9. The lowest BCUT2D eigenvalue weighted by Crippen LogP contribution is -2.61. The van der Waals surface area contributed by atoms with Gasteiger partial charge < -0.3 is 25.3 Å². The summed E-state index contributed by atoms with van der Waals surface area (Å²) in [7, 11) is -14.8. The minimum Gasteiger partial charge on any atom is -0.416 e. The van der Waals surface area contributed by atoms with E-state index in [0.717, 1.165) is 12.5 Å². The van der Waals surface area contributed by atoms with E-state index in [2.05, 4.69) is 105 Å². The first-order chi connectivity index (χ1) is 14.9. The summed E-state index contributed by atoms with van der Waals surface area (Å²) in [5.74, 6) is 0. The van der Waals surface area contributed by atoms with E-state index in [-0.39, 0.29) is 0 Å². The normalized spacial score (nSPS) is 15.0. The molecule has 6 nitrogen and oxygen atoms in total. The Hall–Kier alpha value is 1.50. The summed E-state index contributed by atoms with van der Waals surface area (Å²) in [6.07, 6.45) is 1.48. The Labute approximate surface area is 222 Å². The van der Waals surface area contributed by atoms with Crippen molar-refractivity contribution in [3.63, 3.8) is 0 Å². The third-order valence-electron chi connectivity index (χ3n) is 3.75. The van der Waals surface area contributed by atoms with Gasteiger partial charge in [-0.2, -0.15) is 0 Å². The van der Waals surface area contributed by atoms with Crippen molar-refractivity contribution in [2.75, 3.05) is 12.5 Å². The molecule has 0 atom stereocenters. The molecular weight excluding hydrogens is 561 g/mol. The van der Waals surface area contributed by atoms with Gasteiger partial charge in [-0.3, -0.25) is 0 Å². The van der Waals surface area contributed by atoms with Crippen LogP contribution in [0.25, 0.3) is 0 Å². The minimum atomic E-state index is -2.96. The number of hydrogen-bond donors (Lipinski definition) is 0. The molecule has 0 N–H and O–H groups in total. The predicted octanol–water partition coefficient (Wildman–Crippen LogP) is 6.89. The molecule has 0 aliphatic heterocycles. The van der Waals surface area contributed by atoms with Crippen LogP contribution in [0.3, 0.4) is 0 Å². The average molecular weight is 617 g/mol.